The highest BCUT2D eigenvalue weighted by atomic mass is 32.1. The molecule has 0 unspecified atom stereocenters. The molecule has 1 aromatic heterocycles. The number of hydrogen-bond acceptors (Lipinski definition) is 6. The van der Waals surface area contributed by atoms with Gasteiger partial charge in [-0.3, -0.25) is 4.79 Å². The van der Waals surface area contributed by atoms with Crippen molar-refractivity contribution in [3.63, 3.8) is 0 Å². The van der Waals surface area contributed by atoms with Crippen molar-refractivity contribution in [3.8, 4) is 11.1 Å². The Morgan fingerprint density at radius 2 is 2.00 bits per heavy atom. The van der Waals surface area contributed by atoms with Crippen LogP contribution in [0.1, 0.15) is 45.9 Å². The lowest BCUT2D eigenvalue weighted by molar-refractivity contribution is -0.137. The smallest absolute Gasteiger partial charge is 0.381 e. The number of carbonyl (C=O) groups is 1. The van der Waals surface area contributed by atoms with Crippen molar-refractivity contribution in [2.24, 2.45) is 11.1 Å². The molecule has 10 heteroatoms. The number of nitrogens with two attached hydrogens (primary N) is 1. The number of thiazole rings is 1. The first-order valence-corrected chi connectivity index (χ1v) is 12.6. The lowest BCUT2D eigenvalue weighted by atomic mass is 9.79. The second-order valence-corrected chi connectivity index (χ2v) is 10.6. The molecule has 5 rings (SSSR count). The van der Waals surface area contributed by atoms with Crippen molar-refractivity contribution in [3.05, 3.63) is 70.4 Å². The van der Waals surface area contributed by atoms with E-state index in [1.165, 1.54) is 17.4 Å². The zero-order valence-electron chi connectivity index (χ0n) is 19.8. The molecule has 1 amide bonds. The zero-order chi connectivity index (χ0) is 25.5. The Morgan fingerprint density at radius 1 is 1.25 bits per heavy atom. The Kier molecular flexibility index (Phi) is 6.52. The van der Waals surface area contributed by atoms with Crippen LogP contribution in [-0.2, 0) is 17.5 Å². The van der Waals surface area contributed by atoms with Gasteiger partial charge in [-0.2, -0.15) is 13.2 Å². The highest BCUT2D eigenvalue weighted by molar-refractivity contribution is 7.17. The molecule has 2 aliphatic heterocycles. The minimum absolute atomic E-state index is 0.129. The molecule has 3 heterocycles. The summed E-state index contributed by atoms with van der Waals surface area (Å²) in [6.45, 7) is 5.46. The first kappa shape index (κ1) is 24.7. The van der Waals surface area contributed by atoms with Gasteiger partial charge in [0.15, 0.2) is 5.01 Å². The summed E-state index contributed by atoms with van der Waals surface area (Å²) in [4.78, 5) is 19.3. The summed E-state index contributed by atoms with van der Waals surface area (Å²) in [5.74, 6) is -0.259. The van der Waals surface area contributed by atoms with Crippen LogP contribution in [0.2, 0.25) is 0 Å². The fourth-order valence-corrected chi connectivity index (χ4v) is 5.65. The molecule has 1 atom stereocenters. The minimum atomic E-state index is -4.43. The number of halogens is 3. The molecular formula is C26H27F3N4O2S. The van der Waals surface area contributed by atoms with E-state index in [9.17, 15) is 18.0 Å². The standard InChI is InChI=1S/C26H27F3N4O2S/c1-16(32-23(34)24-31-12-22(36-24)33-13-25(14-33)8-9-35-15-25)17-2-4-18(5-3-17)21-10-20(26(27,28)29)7-6-19(21)11-30/h2-7,10,12,16H,8-9,11,13-15,30H2,1H3,(H,32,34)/t16-/m1/s1. The SMILES string of the molecule is C[C@@H](NC(=O)c1ncc(N2CC3(CCOC3)C2)s1)c1ccc(-c2cc(C(F)(F)F)ccc2CN)cc1. The van der Waals surface area contributed by atoms with Gasteiger partial charge in [-0.15, -0.1) is 0 Å². The summed E-state index contributed by atoms with van der Waals surface area (Å²) in [7, 11) is 0. The van der Waals surface area contributed by atoms with Gasteiger partial charge in [-0.1, -0.05) is 41.7 Å². The molecule has 2 saturated heterocycles. The third-order valence-electron chi connectivity index (χ3n) is 6.96. The summed E-state index contributed by atoms with van der Waals surface area (Å²) < 4.78 is 45.1. The topological polar surface area (TPSA) is 80.5 Å². The largest absolute Gasteiger partial charge is 0.416 e. The van der Waals surface area contributed by atoms with E-state index in [1.54, 1.807) is 30.5 Å². The molecule has 2 fully saturated rings. The lowest BCUT2D eigenvalue weighted by Gasteiger charge is -2.47. The number of amides is 1. The van der Waals surface area contributed by atoms with Crippen LogP contribution in [-0.4, -0.2) is 37.2 Å². The molecule has 6 nitrogen and oxygen atoms in total. The molecule has 36 heavy (non-hydrogen) atoms. The fourth-order valence-electron chi connectivity index (χ4n) is 4.83. The number of alkyl halides is 3. The van der Waals surface area contributed by atoms with E-state index >= 15 is 0 Å². The van der Waals surface area contributed by atoms with Crippen LogP contribution in [0.5, 0.6) is 0 Å². The number of rotatable bonds is 6. The van der Waals surface area contributed by atoms with Crippen molar-refractivity contribution < 1.29 is 22.7 Å². The second kappa shape index (κ2) is 9.49. The molecule has 2 aromatic carbocycles. The number of ether oxygens (including phenoxy) is 1. The molecule has 2 aliphatic rings. The zero-order valence-corrected chi connectivity index (χ0v) is 20.6. The maximum Gasteiger partial charge on any atom is 0.416 e. The van der Waals surface area contributed by atoms with Crippen LogP contribution in [0, 0.1) is 5.41 Å². The summed E-state index contributed by atoms with van der Waals surface area (Å²) in [6.07, 6.45) is -1.61. The van der Waals surface area contributed by atoms with Gasteiger partial charge in [0.25, 0.3) is 5.91 Å². The highest BCUT2D eigenvalue weighted by Crippen LogP contribution is 2.42. The number of aromatic nitrogens is 1. The molecule has 3 aromatic rings. The van der Waals surface area contributed by atoms with Crippen LogP contribution in [0.4, 0.5) is 18.2 Å². The van der Waals surface area contributed by atoms with Gasteiger partial charge in [0, 0.05) is 31.7 Å². The van der Waals surface area contributed by atoms with Crippen molar-refractivity contribution in [2.45, 2.75) is 32.1 Å². The van der Waals surface area contributed by atoms with E-state index in [1.807, 2.05) is 6.92 Å². The van der Waals surface area contributed by atoms with Gasteiger partial charge in [0.2, 0.25) is 0 Å². The molecule has 1 spiro atoms. The highest BCUT2D eigenvalue weighted by Gasteiger charge is 2.46. The maximum absolute atomic E-state index is 13.2. The van der Waals surface area contributed by atoms with E-state index in [2.05, 4.69) is 15.2 Å². The number of carbonyl (C=O) groups excluding carboxylic acids is 1. The Balaban J connectivity index is 1.24. The first-order valence-electron chi connectivity index (χ1n) is 11.8. The Hall–Kier alpha value is -2.95. The Labute approximate surface area is 211 Å². The van der Waals surface area contributed by atoms with Gasteiger partial charge >= 0.3 is 6.18 Å². The third kappa shape index (κ3) is 4.85. The predicted octanol–water partition coefficient (Wildman–Crippen LogP) is 5.01. The van der Waals surface area contributed by atoms with Crippen LogP contribution in [0.15, 0.2) is 48.7 Å². The monoisotopic (exact) mass is 516 g/mol. The van der Waals surface area contributed by atoms with E-state index in [0.29, 0.717) is 21.7 Å². The van der Waals surface area contributed by atoms with Crippen molar-refractivity contribution in [1.29, 1.82) is 0 Å². The third-order valence-corrected chi connectivity index (χ3v) is 8.02. The van der Waals surface area contributed by atoms with Gasteiger partial charge in [-0.05, 0) is 47.7 Å². The van der Waals surface area contributed by atoms with E-state index in [-0.39, 0.29) is 23.9 Å². The normalized spacial score (nSPS) is 17.8. The summed E-state index contributed by atoms with van der Waals surface area (Å²) in [5.41, 5.74) is 7.84. The molecular weight excluding hydrogens is 489 g/mol. The molecule has 0 radical (unpaired) electrons. The number of nitrogens with one attached hydrogen (secondary N) is 1. The van der Waals surface area contributed by atoms with Crippen molar-refractivity contribution in [2.75, 3.05) is 31.2 Å². The summed E-state index contributed by atoms with van der Waals surface area (Å²) in [5, 5.41) is 4.34. The molecule has 0 saturated carbocycles. The van der Waals surface area contributed by atoms with Crippen LogP contribution >= 0.6 is 11.3 Å². The number of benzene rings is 2. The molecule has 3 N–H and O–H groups in total. The molecule has 190 valence electrons. The quantitative estimate of drug-likeness (QED) is 0.482. The van der Waals surface area contributed by atoms with Gasteiger partial charge in [-0.25, -0.2) is 4.98 Å². The van der Waals surface area contributed by atoms with Gasteiger partial charge in [0.05, 0.1) is 24.4 Å². The van der Waals surface area contributed by atoms with Crippen LogP contribution < -0.4 is 16.0 Å². The second-order valence-electron chi connectivity index (χ2n) is 9.55. The first-order chi connectivity index (χ1) is 17.2. The number of nitrogens with zero attached hydrogens (tertiary/aromatic N) is 2. The van der Waals surface area contributed by atoms with Gasteiger partial charge in [0.1, 0.15) is 5.00 Å². The lowest BCUT2D eigenvalue weighted by Crippen LogP contribution is -2.56. The predicted molar refractivity (Wildman–Crippen MR) is 133 cm³/mol. The molecule has 0 aliphatic carbocycles. The Bertz CT molecular complexity index is 1240. The van der Waals surface area contributed by atoms with Crippen molar-refractivity contribution in [1.82, 2.24) is 10.3 Å². The number of hydrogen-bond donors (Lipinski definition) is 2. The Morgan fingerprint density at radius 3 is 2.64 bits per heavy atom. The van der Waals surface area contributed by atoms with Crippen molar-refractivity contribution >= 4 is 22.2 Å². The fraction of sp³-hybridized carbons (Fsp3) is 0.385. The maximum atomic E-state index is 13.2. The van der Waals surface area contributed by atoms with Gasteiger partial charge < -0.3 is 20.7 Å². The summed E-state index contributed by atoms with van der Waals surface area (Å²) in [6, 6.07) is 10.4. The average molecular weight is 517 g/mol. The van der Waals surface area contributed by atoms with Crippen LogP contribution in [0.25, 0.3) is 11.1 Å². The molecule has 0 bridgehead atoms. The minimum Gasteiger partial charge on any atom is -0.381 e. The van der Waals surface area contributed by atoms with E-state index in [0.717, 1.165) is 55.4 Å². The van der Waals surface area contributed by atoms with E-state index < -0.39 is 11.7 Å². The average Bonchev–Trinajstić information content (AvgIpc) is 3.52. The number of anilines is 1. The summed E-state index contributed by atoms with van der Waals surface area (Å²) >= 11 is 1.37. The van der Waals surface area contributed by atoms with Crippen LogP contribution in [0.3, 0.4) is 0 Å². The van der Waals surface area contributed by atoms with E-state index in [4.69, 9.17) is 10.5 Å².